The first kappa shape index (κ1) is 23.6. The molecule has 1 atom stereocenters. The summed E-state index contributed by atoms with van der Waals surface area (Å²) in [6, 6.07) is 5.62. The fourth-order valence-electron chi connectivity index (χ4n) is 4.63. The standard InChI is InChI=1S/C24H33ClN6O2/c1-15(12-24(2,3)33)28-23-29-21(26-13-16-8-7-11-18(25)20(16)32)19-22(30-23)31(14-27-19)17-9-5-4-6-10-17/h7-8,11,14-15,17,32-33H,4-6,9-10,12-13H2,1-3H3,(H2,26,28,29,30). The second kappa shape index (κ2) is 9.73. The number of rotatable bonds is 8. The van der Waals surface area contributed by atoms with Gasteiger partial charge in [0.2, 0.25) is 5.95 Å². The van der Waals surface area contributed by atoms with Crippen molar-refractivity contribution in [3.05, 3.63) is 35.1 Å². The monoisotopic (exact) mass is 472 g/mol. The Bertz CT molecular complexity index is 1100. The van der Waals surface area contributed by atoms with E-state index >= 15 is 0 Å². The fraction of sp³-hybridized carbons (Fsp3) is 0.542. The van der Waals surface area contributed by atoms with E-state index < -0.39 is 5.60 Å². The SMILES string of the molecule is CC(CC(C)(C)O)Nc1nc(NCc2cccc(Cl)c2O)c2ncn(C3CCCCC3)c2n1. The van der Waals surface area contributed by atoms with Crippen LogP contribution in [-0.2, 0) is 6.54 Å². The van der Waals surface area contributed by atoms with Gasteiger partial charge in [-0.2, -0.15) is 9.97 Å². The molecule has 8 nitrogen and oxygen atoms in total. The molecule has 1 fully saturated rings. The number of aromatic nitrogens is 4. The Morgan fingerprint density at radius 2 is 1.97 bits per heavy atom. The van der Waals surface area contributed by atoms with Crippen LogP contribution in [0.4, 0.5) is 11.8 Å². The average Bonchev–Trinajstić information content (AvgIpc) is 3.18. The number of halogens is 1. The summed E-state index contributed by atoms with van der Waals surface area (Å²) in [4.78, 5) is 14.1. The van der Waals surface area contributed by atoms with Crippen molar-refractivity contribution in [1.82, 2.24) is 19.5 Å². The number of fused-ring (bicyclic) bond motifs is 1. The van der Waals surface area contributed by atoms with Gasteiger partial charge in [-0.05, 0) is 46.1 Å². The molecule has 33 heavy (non-hydrogen) atoms. The second-order valence-corrected chi connectivity index (χ2v) is 10.1. The molecule has 0 saturated heterocycles. The van der Waals surface area contributed by atoms with Gasteiger partial charge in [0.1, 0.15) is 5.75 Å². The van der Waals surface area contributed by atoms with E-state index in [0.29, 0.717) is 46.9 Å². The Hall–Kier alpha value is -2.58. The van der Waals surface area contributed by atoms with Gasteiger partial charge in [0.15, 0.2) is 17.0 Å². The molecule has 0 spiro atoms. The van der Waals surface area contributed by atoms with E-state index in [0.717, 1.165) is 18.5 Å². The summed E-state index contributed by atoms with van der Waals surface area (Å²) in [5.74, 6) is 1.13. The maximum Gasteiger partial charge on any atom is 0.226 e. The van der Waals surface area contributed by atoms with Crippen LogP contribution >= 0.6 is 11.6 Å². The van der Waals surface area contributed by atoms with Crippen LogP contribution in [0.5, 0.6) is 5.75 Å². The van der Waals surface area contributed by atoms with Crippen LogP contribution in [0.15, 0.2) is 24.5 Å². The number of benzene rings is 1. The number of aliphatic hydroxyl groups is 1. The molecule has 0 bridgehead atoms. The molecule has 9 heteroatoms. The van der Waals surface area contributed by atoms with Crippen LogP contribution in [0.2, 0.25) is 5.02 Å². The molecule has 2 aromatic heterocycles. The smallest absolute Gasteiger partial charge is 0.226 e. The Kier molecular flexibility index (Phi) is 6.95. The van der Waals surface area contributed by atoms with E-state index in [2.05, 4.69) is 20.2 Å². The van der Waals surface area contributed by atoms with Gasteiger partial charge in [-0.25, -0.2) is 4.98 Å². The number of imidazole rings is 1. The molecular formula is C24H33ClN6O2. The van der Waals surface area contributed by atoms with Crippen molar-refractivity contribution >= 4 is 34.5 Å². The molecular weight excluding hydrogens is 440 g/mol. The predicted molar refractivity (Wildman–Crippen MR) is 132 cm³/mol. The quantitative estimate of drug-likeness (QED) is 0.354. The molecule has 3 aromatic rings. The molecule has 178 valence electrons. The second-order valence-electron chi connectivity index (χ2n) is 9.67. The molecule has 0 aliphatic heterocycles. The molecule has 1 aromatic carbocycles. The zero-order valence-corrected chi connectivity index (χ0v) is 20.2. The zero-order chi connectivity index (χ0) is 23.6. The number of anilines is 2. The van der Waals surface area contributed by atoms with Crippen molar-refractivity contribution in [3.63, 3.8) is 0 Å². The van der Waals surface area contributed by atoms with Crippen LogP contribution in [0, 0.1) is 0 Å². The summed E-state index contributed by atoms with van der Waals surface area (Å²) in [5.41, 5.74) is 1.35. The van der Waals surface area contributed by atoms with Gasteiger partial charge in [-0.1, -0.05) is 43.0 Å². The third kappa shape index (κ3) is 5.68. The third-order valence-corrected chi connectivity index (χ3v) is 6.39. The zero-order valence-electron chi connectivity index (χ0n) is 19.5. The van der Waals surface area contributed by atoms with E-state index in [4.69, 9.17) is 21.6 Å². The minimum absolute atomic E-state index is 0.0293. The van der Waals surface area contributed by atoms with Crippen LogP contribution in [0.1, 0.15) is 70.9 Å². The number of nitrogens with zero attached hydrogens (tertiary/aromatic N) is 4. The summed E-state index contributed by atoms with van der Waals surface area (Å²) < 4.78 is 2.17. The predicted octanol–water partition coefficient (Wildman–Crippen LogP) is 5.26. The first-order valence-electron chi connectivity index (χ1n) is 11.6. The molecule has 0 amide bonds. The highest BCUT2D eigenvalue weighted by atomic mass is 35.5. The Labute approximate surface area is 199 Å². The molecule has 4 rings (SSSR count). The lowest BCUT2D eigenvalue weighted by atomic mass is 9.95. The van der Waals surface area contributed by atoms with Crippen LogP contribution in [0.25, 0.3) is 11.2 Å². The summed E-state index contributed by atoms with van der Waals surface area (Å²) in [5, 5.41) is 27.4. The van der Waals surface area contributed by atoms with E-state index in [1.54, 1.807) is 26.0 Å². The van der Waals surface area contributed by atoms with Crippen molar-refractivity contribution in [2.75, 3.05) is 10.6 Å². The van der Waals surface area contributed by atoms with Gasteiger partial charge < -0.3 is 25.4 Å². The Morgan fingerprint density at radius 3 is 2.70 bits per heavy atom. The minimum Gasteiger partial charge on any atom is -0.506 e. The molecule has 1 saturated carbocycles. The minimum atomic E-state index is -0.800. The number of para-hydroxylation sites is 1. The first-order valence-corrected chi connectivity index (χ1v) is 12.0. The summed E-state index contributed by atoms with van der Waals surface area (Å²) in [7, 11) is 0. The van der Waals surface area contributed by atoms with Crippen molar-refractivity contribution in [2.45, 2.75) is 83.5 Å². The van der Waals surface area contributed by atoms with E-state index in [9.17, 15) is 10.2 Å². The lowest BCUT2D eigenvalue weighted by molar-refractivity contribution is 0.0672. The number of hydrogen-bond donors (Lipinski definition) is 4. The molecule has 1 aliphatic rings. The van der Waals surface area contributed by atoms with Crippen molar-refractivity contribution in [3.8, 4) is 5.75 Å². The topological polar surface area (TPSA) is 108 Å². The summed E-state index contributed by atoms with van der Waals surface area (Å²) in [6.45, 7) is 5.92. The fourth-order valence-corrected chi connectivity index (χ4v) is 4.83. The van der Waals surface area contributed by atoms with Gasteiger partial charge in [-0.15, -0.1) is 0 Å². The number of nitrogens with one attached hydrogen (secondary N) is 2. The van der Waals surface area contributed by atoms with Crippen molar-refractivity contribution < 1.29 is 10.2 Å². The first-order chi connectivity index (χ1) is 15.7. The average molecular weight is 473 g/mol. The molecule has 2 heterocycles. The largest absolute Gasteiger partial charge is 0.506 e. The molecule has 1 unspecified atom stereocenters. The van der Waals surface area contributed by atoms with Crippen molar-refractivity contribution in [2.24, 2.45) is 0 Å². The van der Waals surface area contributed by atoms with Crippen LogP contribution in [-0.4, -0.2) is 41.4 Å². The van der Waals surface area contributed by atoms with Crippen LogP contribution < -0.4 is 10.6 Å². The van der Waals surface area contributed by atoms with Gasteiger partial charge >= 0.3 is 0 Å². The van der Waals surface area contributed by atoms with Gasteiger partial charge in [0, 0.05) is 24.2 Å². The molecule has 0 radical (unpaired) electrons. The van der Waals surface area contributed by atoms with E-state index in [1.165, 1.54) is 19.3 Å². The van der Waals surface area contributed by atoms with E-state index in [1.807, 2.05) is 19.3 Å². The number of aromatic hydroxyl groups is 1. The molecule has 1 aliphatic carbocycles. The van der Waals surface area contributed by atoms with E-state index in [-0.39, 0.29) is 11.8 Å². The van der Waals surface area contributed by atoms with Gasteiger partial charge in [-0.3, -0.25) is 0 Å². The maximum atomic E-state index is 10.3. The van der Waals surface area contributed by atoms with Crippen LogP contribution in [0.3, 0.4) is 0 Å². The van der Waals surface area contributed by atoms with Crippen molar-refractivity contribution in [1.29, 1.82) is 0 Å². The van der Waals surface area contributed by atoms with Gasteiger partial charge in [0.25, 0.3) is 0 Å². The number of phenolic OH excluding ortho intramolecular Hbond substituents is 1. The number of hydrogen-bond acceptors (Lipinski definition) is 7. The normalized spacial score (nSPS) is 16.2. The lowest BCUT2D eigenvalue weighted by Gasteiger charge is -2.24. The third-order valence-electron chi connectivity index (χ3n) is 6.09. The highest BCUT2D eigenvalue weighted by molar-refractivity contribution is 6.32. The highest BCUT2D eigenvalue weighted by Gasteiger charge is 2.22. The lowest BCUT2D eigenvalue weighted by Crippen LogP contribution is -2.29. The number of phenols is 1. The van der Waals surface area contributed by atoms with Gasteiger partial charge in [0.05, 0.1) is 17.0 Å². The summed E-state index contributed by atoms with van der Waals surface area (Å²) in [6.07, 6.45) is 8.34. The highest BCUT2D eigenvalue weighted by Crippen LogP contribution is 2.33. The Balaban J connectivity index is 1.67. The summed E-state index contributed by atoms with van der Waals surface area (Å²) >= 11 is 6.07. The molecule has 4 N–H and O–H groups in total. The Morgan fingerprint density at radius 1 is 1.21 bits per heavy atom. The maximum absolute atomic E-state index is 10.3.